The second-order valence-electron chi connectivity index (χ2n) is 5.13. The molecule has 0 amide bonds. The summed E-state index contributed by atoms with van der Waals surface area (Å²) in [7, 11) is 0. The molecule has 0 aliphatic carbocycles. The Morgan fingerprint density at radius 2 is 2.05 bits per heavy atom. The monoisotopic (exact) mass is 343 g/mol. The molecule has 0 bridgehead atoms. The molecular weight excluding hydrogens is 322 g/mol. The molecule has 2 rings (SSSR count). The van der Waals surface area contributed by atoms with Crippen LogP contribution in [-0.4, -0.2) is 56.1 Å². The minimum Gasteiger partial charge on any atom is -0.466 e. The summed E-state index contributed by atoms with van der Waals surface area (Å²) in [6.45, 7) is 6.21. The number of rotatable bonds is 7. The highest BCUT2D eigenvalue weighted by molar-refractivity contribution is 7.99. The van der Waals surface area contributed by atoms with Gasteiger partial charge in [-0.05, 0) is 31.2 Å². The van der Waals surface area contributed by atoms with E-state index >= 15 is 0 Å². The van der Waals surface area contributed by atoms with E-state index in [9.17, 15) is 4.79 Å². The first-order chi connectivity index (χ1) is 10.7. The molecule has 0 N–H and O–H groups in total. The number of carbonyl (C=O) groups excluding carboxylic acids is 1. The van der Waals surface area contributed by atoms with Crippen LogP contribution in [0.1, 0.15) is 6.92 Å². The van der Waals surface area contributed by atoms with Gasteiger partial charge in [-0.3, -0.25) is 9.69 Å². The SMILES string of the molecule is CCOC(=O)C(CSc1ccc(Cl)cc1)CN1CCOCC1. The Balaban J connectivity index is 1.91. The maximum Gasteiger partial charge on any atom is 0.311 e. The van der Waals surface area contributed by atoms with Gasteiger partial charge in [0.15, 0.2) is 0 Å². The van der Waals surface area contributed by atoms with Gasteiger partial charge in [-0.1, -0.05) is 11.6 Å². The number of morpholine rings is 1. The highest BCUT2D eigenvalue weighted by Crippen LogP contribution is 2.24. The molecule has 1 saturated heterocycles. The standard InChI is InChI=1S/C16H22ClNO3S/c1-2-21-16(19)13(11-18-7-9-20-10-8-18)12-22-15-5-3-14(17)4-6-15/h3-6,13H,2,7-12H2,1H3. The van der Waals surface area contributed by atoms with Gasteiger partial charge < -0.3 is 9.47 Å². The van der Waals surface area contributed by atoms with Gasteiger partial charge in [0.05, 0.1) is 25.7 Å². The summed E-state index contributed by atoms with van der Waals surface area (Å²) in [5.41, 5.74) is 0. The Hall–Kier alpha value is -0.750. The van der Waals surface area contributed by atoms with Gasteiger partial charge in [0.25, 0.3) is 0 Å². The summed E-state index contributed by atoms with van der Waals surface area (Å²) < 4.78 is 10.6. The fraction of sp³-hybridized carbons (Fsp3) is 0.562. The average molecular weight is 344 g/mol. The molecule has 1 unspecified atom stereocenters. The maximum absolute atomic E-state index is 12.2. The van der Waals surface area contributed by atoms with E-state index < -0.39 is 0 Å². The number of hydrogen-bond donors (Lipinski definition) is 0. The van der Waals surface area contributed by atoms with Crippen LogP contribution in [-0.2, 0) is 14.3 Å². The van der Waals surface area contributed by atoms with Crippen LogP contribution in [0.4, 0.5) is 0 Å². The van der Waals surface area contributed by atoms with E-state index in [0.29, 0.717) is 12.4 Å². The molecule has 0 spiro atoms. The van der Waals surface area contributed by atoms with E-state index in [1.165, 1.54) is 0 Å². The van der Waals surface area contributed by atoms with Crippen molar-refractivity contribution in [1.29, 1.82) is 0 Å². The average Bonchev–Trinajstić information content (AvgIpc) is 2.54. The second kappa shape index (κ2) is 9.40. The van der Waals surface area contributed by atoms with Crippen LogP contribution in [0.25, 0.3) is 0 Å². The predicted octanol–water partition coefficient (Wildman–Crippen LogP) is 2.94. The van der Waals surface area contributed by atoms with E-state index in [2.05, 4.69) is 4.90 Å². The zero-order valence-corrected chi connectivity index (χ0v) is 14.4. The van der Waals surface area contributed by atoms with Crippen LogP contribution in [0.2, 0.25) is 5.02 Å². The molecule has 1 heterocycles. The van der Waals surface area contributed by atoms with Gasteiger partial charge in [0.1, 0.15) is 0 Å². The van der Waals surface area contributed by atoms with Crippen molar-refractivity contribution in [2.24, 2.45) is 5.92 Å². The fourth-order valence-electron chi connectivity index (χ4n) is 2.28. The summed E-state index contributed by atoms with van der Waals surface area (Å²) in [4.78, 5) is 15.6. The van der Waals surface area contributed by atoms with Crippen molar-refractivity contribution in [2.45, 2.75) is 11.8 Å². The number of esters is 1. The number of nitrogens with zero attached hydrogens (tertiary/aromatic N) is 1. The Labute approximate surface area is 141 Å². The summed E-state index contributed by atoms with van der Waals surface area (Å²) in [6, 6.07) is 7.68. The van der Waals surface area contributed by atoms with Gasteiger partial charge >= 0.3 is 5.97 Å². The molecule has 1 atom stereocenters. The molecule has 1 aromatic carbocycles. The number of hydrogen-bond acceptors (Lipinski definition) is 5. The predicted molar refractivity (Wildman–Crippen MR) is 89.6 cm³/mol. The number of halogens is 1. The van der Waals surface area contributed by atoms with Crippen LogP contribution in [0.3, 0.4) is 0 Å². The van der Waals surface area contributed by atoms with Gasteiger partial charge in [0.2, 0.25) is 0 Å². The lowest BCUT2D eigenvalue weighted by Crippen LogP contribution is -2.42. The van der Waals surface area contributed by atoms with Crippen LogP contribution < -0.4 is 0 Å². The van der Waals surface area contributed by atoms with Crippen molar-refractivity contribution in [1.82, 2.24) is 4.90 Å². The largest absolute Gasteiger partial charge is 0.466 e. The third-order valence-electron chi connectivity index (χ3n) is 3.47. The Morgan fingerprint density at radius 1 is 1.36 bits per heavy atom. The van der Waals surface area contributed by atoms with Crippen LogP contribution in [0, 0.1) is 5.92 Å². The van der Waals surface area contributed by atoms with Crippen molar-refractivity contribution >= 4 is 29.3 Å². The lowest BCUT2D eigenvalue weighted by atomic mass is 10.1. The van der Waals surface area contributed by atoms with Crippen molar-refractivity contribution < 1.29 is 14.3 Å². The van der Waals surface area contributed by atoms with E-state index in [-0.39, 0.29) is 11.9 Å². The zero-order valence-electron chi connectivity index (χ0n) is 12.8. The topological polar surface area (TPSA) is 38.8 Å². The van der Waals surface area contributed by atoms with Crippen molar-refractivity contribution in [3.05, 3.63) is 29.3 Å². The first-order valence-electron chi connectivity index (χ1n) is 7.54. The maximum atomic E-state index is 12.2. The van der Waals surface area contributed by atoms with Crippen LogP contribution in [0.5, 0.6) is 0 Å². The minimum absolute atomic E-state index is 0.115. The highest BCUT2D eigenvalue weighted by atomic mass is 35.5. The summed E-state index contributed by atoms with van der Waals surface area (Å²) in [5.74, 6) is 0.465. The summed E-state index contributed by atoms with van der Waals surface area (Å²) in [6.07, 6.45) is 0. The molecule has 4 nitrogen and oxygen atoms in total. The molecule has 6 heteroatoms. The third kappa shape index (κ3) is 5.80. The second-order valence-corrected chi connectivity index (χ2v) is 6.66. The number of carbonyl (C=O) groups is 1. The number of ether oxygens (including phenoxy) is 2. The van der Waals surface area contributed by atoms with Crippen molar-refractivity contribution in [3.63, 3.8) is 0 Å². The zero-order chi connectivity index (χ0) is 15.8. The van der Waals surface area contributed by atoms with E-state index in [4.69, 9.17) is 21.1 Å². The first kappa shape index (κ1) is 17.6. The molecule has 1 fully saturated rings. The Bertz CT molecular complexity index is 463. The Morgan fingerprint density at radius 3 is 2.68 bits per heavy atom. The molecular formula is C16H22ClNO3S. The molecule has 122 valence electrons. The van der Waals surface area contributed by atoms with E-state index in [1.54, 1.807) is 11.8 Å². The van der Waals surface area contributed by atoms with Crippen LogP contribution in [0.15, 0.2) is 29.2 Å². The van der Waals surface area contributed by atoms with E-state index in [0.717, 1.165) is 42.8 Å². The number of benzene rings is 1. The molecule has 1 aliphatic heterocycles. The molecule has 22 heavy (non-hydrogen) atoms. The summed E-state index contributed by atoms with van der Waals surface area (Å²) >= 11 is 7.56. The van der Waals surface area contributed by atoms with E-state index in [1.807, 2.05) is 31.2 Å². The van der Waals surface area contributed by atoms with Crippen LogP contribution >= 0.6 is 23.4 Å². The number of thioether (sulfide) groups is 1. The lowest BCUT2D eigenvalue weighted by Gasteiger charge is -2.29. The highest BCUT2D eigenvalue weighted by Gasteiger charge is 2.24. The molecule has 0 radical (unpaired) electrons. The van der Waals surface area contributed by atoms with Crippen molar-refractivity contribution in [3.8, 4) is 0 Å². The third-order valence-corrected chi connectivity index (χ3v) is 4.89. The van der Waals surface area contributed by atoms with Gasteiger partial charge in [-0.2, -0.15) is 0 Å². The normalized spacial score (nSPS) is 17.2. The molecule has 1 aromatic rings. The Kier molecular flexibility index (Phi) is 7.52. The first-order valence-corrected chi connectivity index (χ1v) is 8.90. The summed E-state index contributed by atoms with van der Waals surface area (Å²) in [5, 5.41) is 0.722. The lowest BCUT2D eigenvalue weighted by molar-refractivity contribution is -0.148. The minimum atomic E-state index is -0.126. The van der Waals surface area contributed by atoms with Gasteiger partial charge in [0, 0.05) is 35.3 Å². The molecule has 0 saturated carbocycles. The molecule has 0 aromatic heterocycles. The quantitative estimate of drug-likeness (QED) is 0.562. The fourth-order valence-corrected chi connectivity index (χ4v) is 3.37. The van der Waals surface area contributed by atoms with Gasteiger partial charge in [-0.15, -0.1) is 11.8 Å². The smallest absolute Gasteiger partial charge is 0.311 e. The van der Waals surface area contributed by atoms with Gasteiger partial charge in [-0.25, -0.2) is 0 Å². The van der Waals surface area contributed by atoms with Crippen molar-refractivity contribution in [2.75, 3.05) is 45.2 Å². The molecule has 1 aliphatic rings.